The second kappa shape index (κ2) is 5.35. The summed E-state index contributed by atoms with van der Waals surface area (Å²) in [5.74, 6) is 0. The summed E-state index contributed by atoms with van der Waals surface area (Å²) < 4.78 is 67.9. The van der Waals surface area contributed by atoms with Crippen LogP contribution in [0.1, 0.15) is 0 Å². The number of rotatable bonds is 4. The van der Waals surface area contributed by atoms with Crippen LogP contribution >= 0.6 is 0 Å². The molecule has 0 atom stereocenters. The van der Waals surface area contributed by atoms with Gasteiger partial charge in [0.15, 0.2) is 5.69 Å². The lowest BCUT2D eigenvalue weighted by Crippen LogP contribution is -2.24. The number of nitrogens with one attached hydrogen (secondary N) is 1. The third-order valence-corrected chi connectivity index (χ3v) is 4.65. The number of benzene rings is 1. The first kappa shape index (κ1) is 16.4. The monoisotopic (exact) mass is 348 g/mol. The average molecular weight is 348 g/mol. The Morgan fingerprint density at radius 3 is 1.91 bits per heavy atom. The molecule has 0 bridgehead atoms. The van der Waals surface area contributed by atoms with E-state index in [2.05, 4.69) is 5.32 Å². The third-order valence-electron chi connectivity index (χ3n) is 2.91. The van der Waals surface area contributed by atoms with Gasteiger partial charge in [-0.1, -0.05) is 0 Å². The highest BCUT2D eigenvalue weighted by atomic mass is 32.2. The van der Waals surface area contributed by atoms with Crippen molar-refractivity contribution in [3.63, 3.8) is 0 Å². The summed E-state index contributed by atoms with van der Waals surface area (Å²) in [7, 11) is -6.39. The van der Waals surface area contributed by atoms with E-state index in [4.69, 9.17) is 0 Å². The minimum Gasteiger partial charge on any atom is -0.388 e. The van der Waals surface area contributed by atoms with Crippen molar-refractivity contribution in [3.8, 4) is 5.69 Å². The molecule has 0 amide bonds. The zero-order valence-electron chi connectivity index (χ0n) is 11.6. The minimum atomic E-state index is -4.73. The van der Waals surface area contributed by atoms with E-state index in [-0.39, 0.29) is 11.4 Å². The number of imidazole rings is 1. The maximum absolute atomic E-state index is 11.6. The van der Waals surface area contributed by atoms with Crippen molar-refractivity contribution in [1.29, 1.82) is 0 Å². The van der Waals surface area contributed by atoms with Crippen molar-refractivity contribution < 1.29 is 30.5 Å². The maximum Gasteiger partial charge on any atom is 0.298 e. The number of hydrogen-bond acceptors (Lipinski definition) is 5. The molecule has 22 heavy (non-hydrogen) atoms. The predicted octanol–water partition coefficient (Wildman–Crippen LogP) is -0.163. The molecule has 0 fully saturated rings. The number of nitrogens with zero attached hydrogens (tertiary/aromatic N) is 2. The van der Waals surface area contributed by atoms with E-state index >= 15 is 0 Å². The van der Waals surface area contributed by atoms with Crippen LogP contribution in [-0.4, -0.2) is 37.6 Å². The normalized spacial score (nSPS) is 12.4. The van der Waals surface area contributed by atoms with Gasteiger partial charge in [-0.3, -0.25) is 9.11 Å². The fraction of sp³-hybridized carbons (Fsp3) is 0.182. The first-order valence-corrected chi connectivity index (χ1v) is 8.76. The van der Waals surface area contributed by atoms with Crippen molar-refractivity contribution >= 4 is 25.9 Å². The van der Waals surface area contributed by atoms with Gasteiger partial charge in [-0.25, -0.2) is 4.57 Å². The second-order valence-electron chi connectivity index (χ2n) is 4.51. The molecule has 1 heterocycles. The van der Waals surface area contributed by atoms with E-state index in [1.54, 1.807) is 7.05 Å². The van der Waals surface area contributed by atoms with Gasteiger partial charge in [-0.15, -0.1) is 0 Å². The van der Waals surface area contributed by atoms with Crippen LogP contribution in [0.4, 0.5) is 5.69 Å². The molecule has 1 aromatic heterocycles. The Morgan fingerprint density at radius 2 is 1.59 bits per heavy atom. The smallest absolute Gasteiger partial charge is 0.298 e. The van der Waals surface area contributed by atoms with Gasteiger partial charge in [0.2, 0.25) is 6.33 Å². The van der Waals surface area contributed by atoms with Crippen molar-refractivity contribution in [3.05, 3.63) is 30.9 Å². The van der Waals surface area contributed by atoms with Crippen molar-refractivity contribution in [1.82, 2.24) is 4.57 Å². The van der Waals surface area contributed by atoms with Crippen LogP contribution in [0.5, 0.6) is 0 Å². The molecule has 0 aliphatic heterocycles. The molecule has 0 unspecified atom stereocenters. The maximum atomic E-state index is 11.6. The zero-order chi connectivity index (χ0) is 16.7. The third kappa shape index (κ3) is 3.11. The molecule has 9 nitrogen and oxygen atoms in total. The van der Waals surface area contributed by atoms with Crippen LogP contribution in [0, 0.1) is 0 Å². The van der Waals surface area contributed by atoms with Gasteiger partial charge in [-0.2, -0.15) is 21.4 Å². The van der Waals surface area contributed by atoms with E-state index in [0.717, 1.165) is 12.1 Å². The quantitative estimate of drug-likeness (QED) is 0.517. The Morgan fingerprint density at radius 1 is 1.09 bits per heavy atom. The van der Waals surface area contributed by atoms with Crippen LogP contribution in [0.15, 0.2) is 40.6 Å². The van der Waals surface area contributed by atoms with Crippen LogP contribution in [0.3, 0.4) is 0 Å². The van der Waals surface area contributed by atoms with Crippen LogP contribution in [-0.2, 0) is 27.3 Å². The molecule has 2 rings (SSSR count). The largest absolute Gasteiger partial charge is 0.388 e. The average Bonchev–Trinajstić information content (AvgIpc) is 2.81. The van der Waals surface area contributed by atoms with E-state index in [1.165, 1.54) is 34.9 Å². The Balaban J connectivity index is 3.00. The Labute approximate surface area is 127 Å². The summed E-state index contributed by atoms with van der Waals surface area (Å²) in [5, 5.41) is 2.57. The molecule has 0 spiro atoms. The van der Waals surface area contributed by atoms with Gasteiger partial charge in [0.05, 0.1) is 7.05 Å². The highest BCUT2D eigenvalue weighted by Crippen LogP contribution is 2.31. The lowest BCUT2D eigenvalue weighted by atomic mass is 10.2. The summed E-state index contributed by atoms with van der Waals surface area (Å²) in [5.41, 5.74) is -0.273. The van der Waals surface area contributed by atoms with Crippen molar-refractivity contribution in [2.75, 3.05) is 12.4 Å². The van der Waals surface area contributed by atoms with E-state index in [1.807, 2.05) is 0 Å². The number of hydrogen-bond donors (Lipinski definition) is 3. The zero-order valence-corrected chi connectivity index (χ0v) is 13.3. The van der Waals surface area contributed by atoms with Gasteiger partial charge in [0.1, 0.15) is 22.2 Å². The minimum absolute atomic E-state index is 0.0977. The van der Waals surface area contributed by atoms with Gasteiger partial charge in [-0.05, 0) is 12.1 Å². The van der Waals surface area contributed by atoms with E-state index in [0.29, 0.717) is 0 Å². The lowest BCUT2D eigenvalue weighted by molar-refractivity contribution is -0.670. The fourth-order valence-electron chi connectivity index (χ4n) is 1.96. The molecule has 0 aliphatic carbocycles. The standard InChI is InChI=1S/C11H13N3O6S2/c1-12-8-5-9(21(15,16)17)11(10(6-8)22(18,19)20)14-4-3-13(2)7-14/h3-7,12H,1-2H3,(H-,15,16,17,18,19,20)/p+1. The predicted molar refractivity (Wildman–Crippen MR) is 76.1 cm³/mol. The highest BCUT2D eigenvalue weighted by molar-refractivity contribution is 7.87. The number of aryl methyl sites for hydroxylation is 1. The SMILES string of the molecule is CNc1cc(S(=O)(=O)O)c(-n2cc[n+](C)c2)c(S(=O)(=O)O)c1. The first-order chi connectivity index (χ1) is 10.0. The van der Waals surface area contributed by atoms with Crippen LogP contribution in [0.25, 0.3) is 5.69 Å². The Kier molecular flexibility index (Phi) is 4.00. The molecule has 0 saturated heterocycles. The fourth-order valence-corrected chi connectivity index (χ4v) is 3.49. The van der Waals surface area contributed by atoms with Gasteiger partial charge in [0.25, 0.3) is 20.2 Å². The molecule has 120 valence electrons. The molecule has 1 aromatic carbocycles. The van der Waals surface area contributed by atoms with Gasteiger partial charge < -0.3 is 5.32 Å². The second-order valence-corrected chi connectivity index (χ2v) is 7.29. The molecule has 0 aliphatic rings. The van der Waals surface area contributed by atoms with Gasteiger partial charge >= 0.3 is 0 Å². The molecule has 0 radical (unpaired) electrons. The lowest BCUT2D eigenvalue weighted by Gasteiger charge is -2.11. The number of anilines is 1. The topological polar surface area (TPSA) is 130 Å². The Hall–Kier alpha value is -1.95. The molecule has 11 heteroatoms. The van der Waals surface area contributed by atoms with E-state index < -0.39 is 30.0 Å². The van der Waals surface area contributed by atoms with Crippen molar-refractivity contribution in [2.24, 2.45) is 7.05 Å². The molecule has 2 aromatic rings. The number of aromatic nitrogens is 2. The molecular weight excluding hydrogens is 334 g/mol. The van der Waals surface area contributed by atoms with Gasteiger partial charge in [0, 0.05) is 12.7 Å². The van der Waals surface area contributed by atoms with E-state index in [9.17, 15) is 25.9 Å². The summed E-state index contributed by atoms with van der Waals surface area (Å²) in [6.07, 6.45) is 4.31. The molecular formula is C11H14N3O6S2+. The first-order valence-electron chi connectivity index (χ1n) is 5.88. The summed E-state index contributed by atoms with van der Waals surface area (Å²) in [6.45, 7) is 0. The Bertz CT molecular complexity index is 877. The highest BCUT2D eigenvalue weighted by Gasteiger charge is 2.30. The summed E-state index contributed by atoms with van der Waals surface area (Å²) in [6, 6.07) is 2.14. The summed E-state index contributed by atoms with van der Waals surface area (Å²) >= 11 is 0. The van der Waals surface area contributed by atoms with Crippen LogP contribution < -0.4 is 9.88 Å². The van der Waals surface area contributed by atoms with Crippen molar-refractivity contribution in [2.45, 2.75) is 9.79 Å². The molecule has 3 N–H and O–H groups in total. The summed E-state index contributed by atoms with van der Waals surface area (Å²) in [4.78, 5) is -1.30. The molecule has 0 saturated carbocycles. The van der Waals surface area contributed by atoms with Crippen LogP contribution in [0.2, 0.25) is 0 Å².